The normalized spacial score (nSPS) is 11.6. The second kappa shape index (κ2) is 11.5. The van der Waals surface area contributed by atoms with Gasteiger partial charge in [-0.3, -0.25) is 0 Å². The Hall–Kier alpha value is -2.13. The highest BCUT2D eigenvalue weighted by atomic mass is 79.9. The first-order valence-electron chi connectivity index (χ1n) is 12.1. The zero-order chi connectivity index (χ0) is 26.7. The van der Waals surface area contributed by atoms with Crippen molar-refractivity contribution in [3.8, 4) is 22.3 Å². The minimum Gasteiger partial charge on any atom is -0.398 e. The molecule has 0 amide bonds. The lowest BCUT2D eigenvalue weighted by atomic mass is 9.96. The largest absolute Gasteiger partial charge is 0.398 e. The molecule has 0 atom stereocenters. The van der Waals surface area contributed by atoms with E-state index in [0.29, 0.717) is 0 Å². The number of benzene rings is 4. The second-order valence-electron chi connectivity index (χ2n) is 11.1. The summed E-state index contributed by atoms with van der Waals surface area (Å²) in [6, 6.07) is 30.1. The van der Waals surface area contributed by atoms with Crippen LogP contribution in [0.3, 0.4) is 0 Å². The van der Waals surface area contributed by atoms with Gasteiger partial charge < -0.3 is 11.5 Å². The number of hydrogen-bond acceptors (Lipinski definition) is 2. The Labute approximate surface area is 235 Å². The Kier molecular flexibility index (Phi) is 9.09. The highest BCUT2D eigenvalue weighted by Gasteiger charge is 2.18. The molecule has 188 valence electrons. The fourth-order valence-electron chi connectivity index (χ4n) is 3.88. The molecule has 0 saturated carbocycles. The Morgan fingerprint density at radius 2 is 0.806 bits per heavy atom. The monoisotopic (exact) mass is 638 g/mol. The molecule has 2 nitrogen and oxygen atoms in total. The lowest BCUT2D eigenvalue weighted by Crippen LogP contribution is -2.37. The van der Waals surface area contributed by atoms with Gasteiger partial charge in [0.05, 0.1) is 21.8 Å². The van der Waals surface area contributed by atoms with Crippen LogP contribution < -0.4 is 21.8 Å². The zero-order valence-electron chi connectivity index (χ0n) is 22.0. The number of hydrogen-bond donors (Lipinski definition) is 2. The van der Waals surface area contributed by atoms with Crippen molar-refractivity contribution >= 4 is 69.8 Å². The van der Waals surface area contributed by atoms with Gasteiger partial charge in [0.15, 0.2) is 0 Å². The van der Waals surface area contributed by atoms with Crippen molar-refractivity contribution in [2.75, 3.05) is 11.5 Å². The summed E-state index contributed by atoms with van der Waals surface area (Å²) >= 11 is 6.58. The summed E-state index contributed by atoms with van der Waals surface area (Å²) in [5.74, 6) is 0. The fraction of sp³-hybridized carbons (Fsp3) is 0.200. The first-order chi connectivity index (χ1) is 16.8. The van der Waals surface area contributed by atoms with E-state index in [4.69, 9.17) is 11.5 Å². The van der Waals surface area contributed by atoms with Gasteiger partial charge in [0.25, 0.3) is 0 Å². The van der Waals surface area contributed by atoms with Gasteiger partial charge in [-0.05, 0) is 55.1 Å². The van der Waals surface area contributed by atoms with Crippen molar-refractivity contribution < 1.29 is 0 Å². The van der Waals surface area contributed by atoms with E-state index in [0.717, 1.165) is 31.4 Å². The fourth-order valence-corrected chi connectivity index (χ4v) is 7.21. The average Bonchev–Trinajstić information content (AvgIpc) is 2.82. The van der Waals surface area contributed by atoms with E-state index in [-0.39, 0.29) is 0 Å². The van der Waals surface area contributed by atoms with E-state index in [9.17, 15) is 0 Å². The minimum atomic E-state index is -1.28. The van der Waals surface area contributed by atoms with Crippen LogP contribution in [0.5, 0.6) is 0 Å². The average molecular weight is 641 g/mol. The summed E-state index contributed by atoms with van der Waals surface area (Å²) in [4.78, 5) is 0. The Morgan fingerprint density at radius 3 is 1.11 bits per heavy atom. The summed E-state index contributed by atoms with van der Waals surface area (Å²) in [5.41, 5.74) is 18.4. The van der Waals surface area contributed by atoms with Gasteiger partial charge in [0.1, 0.15) is 0 Å². The van der Waals surface area contributed by atoms with Crippen LogP contribution in [-0.4, -0.2) is 16.1 Å². The quantitative estimate of drug-likeness (QED) is 0.174. The van der Waals surface area contributed by atoms with E-state index >= 15 is 0 Å². The van der Waals surface area contributed by atoms with Gasteiger partial charge in [-0.1, -0.05) is 122 Å². The number of para-hydroxylation sites is 2. The third-order valence-corrected chi connectivity index (χ3v) is 11.7. The second-order valence-corrected chi connectivity index (χ2v) is 22.9. The predicted octanol–water partition coefficient (Wildman–Crippen LogP) is 8.49. The van der Waals surface area contributed by atoms with Crippen LogP contribution in [0.1, 0.15) is 0 Å². The minimum absolute atomic E-state index is 0.748. The summed E-state index contributed by atoms with van der Waals surface area (Å²) in [6.45, 7) is 14.3. The third-order valence-electron chi connectivity index (χ3n) is 6.23. The molecular formula is C30H36Br2N2Si2. The Morgan fingerprint density at radius 1 is 0.472 bits per heavy atom. The van der Waals surface area contributed by atoms with E-state index < -0.39 is 16.1 Å². The number of nitrogens with two attached hydrogens (primary N) is 2. The summed E-state index contributed by atoms with van der Waals surface area (Å²) < 4.78 is 1.86. The maximum absolute atomic E-state index is 6.61. The highest BCUT2D eigenvalue weighted by Crippen LogP contribution is 2.34. The van der Waals surface area contributed by atoms with Crippen LogP contribution >= 0.6 is 31.9 Å². The van der Waals surface area contributed by atoms with Crippen molar-refractivity contribution in [3.63, 3.8) is 0 Å². The Bertz CT molecular complexity index is 1230. The molecule has 0 aliphatic carbocycles. The Balaban J connectivity index is 0.000000338. The molecule has 0 radical (unpaired) electrons. The van der Waals surface area contributed by atoms with Gasteiger partial charge in [-0.25, -0.2) is 0 Å². The smallest absolute Gasteiger partial charge is 0.0775 e. The van der Waals surface area contributed by atoms with Crippen LogP contribution in [0.4, 0.5) is 11.4 Å². The standard InChI is InChI=1S/C24H31NSi2.C6H5Br2N/c1-26(2,3)20-14-10-18(11-15-20)22-8-7-9-23(24(22)25)19-12-16-21(17-13-19)27(4,5)6;7-4-2-1-3-5(8)6(4)9/h7-17H,25H2,1-6H3;1-3H,9H2. The molecule has 6 heteroatoms. The maximum Gasteiger partial charge on any atom is 0.0775 e. The van der Waals surface area contributed by atoms with Crippen molar-refractivity contribution in [2.24, 2.45) is 0 Å². The lowest BCUT2D eigenvalue weighted by Gasteiger charge is -2.18. The van der Waals surface area contributed by atoms with Gasteiger partial charge in [-0.2, -0.15) is 0 Å². The molecule has 0 aliphatic rings. The van der Waals surface area contributed by atoms with Crippen molar-refractivity contribution in [2.45, 2.75) is 39.3 Å². The topological polar surface area (TPSA) is 52.0 Å². The third kappa shape index (κ3) is 7.00. The van der Waals surface area contributed by atoms with E-state index in [2.05, 4.69) is 138 Å². The van der Waals surface area contributed by atoms with Gasteiger partial charge in [0, 0.05) is 25.8 Å². The SMILES string of the molecule is C[Si](C)(C)c1ccc(-c2cccc(-c3ccc([Si](C)(C)C)cc3)c2N)cc1.Nc1c(Br)cccc1Br. The zero-order valence-corrected chi connectivity index (χ0v) is 27.2. The first-order valence-corrected chi connectivity index (χ1v) is 20.7. The van der Waals surface area contributed by atoms with Gasteiger partial charge in [-0.15, -0.1) is 0 Å². The van der Waals surface area contributed by atoms with Crippen molar-refractivity contribution in [1.29, 1.82) is 0 Å². The van der Waals surface area contributed by atoms with E-state index in [1.54, 1.807) is 0 Å². The molecule has 4 rings (SSSR count). The molecule has 0 spiro atoms. The highest BCUT2D eigenvalue weighted by molar-refractivity contribution is 9.11. The number of rotatable bonds is 4. The lowest BCUT2D eigenvalue weighted by molar-refractivity contribution is 1.58. The molecule has 0 heterocycles. The molecule has 0 saturated heterocycles. The number of anilines is 2. The summed E-state index contributed by atoms with van der Waals surface area (Å²) in [7, 11) is -2.57. The molecule has 0 aromatic heterocycles. The molecule has 0 bridgehead atoms. The van der Waals surface area contributed by atoms with E-state index in [1.165, 1.54) is 21.5 Å². The molecule has 0 fully saturated rings. The van der Waals surface area contributed by atoms with Crippen molar-refractivity contribution in [1.82, 2.24) is 0 Å². The van der Waals surface area contributed by atoms with Crippen LogP contribution in [0.2, 0.25) is 39.3 Å². The summed E-state index contributed by atoms with van der Waals surface area (Å²) in [6.07, 6.45) is 0. The van der Waals surface area contributed by atoms with Crippen LogP contribution in [0.25, 0.3) is 22.3 Å². The molecule has 36 heavy (non-hydrogen) atoms. The maximum atomic E-state index is 6.61. The van der Waals surface area contributed by atoms with Gasteiger partial charge >= 0.3 is 0 Å². The summed E-state index contributed by atoms with van der Waals surface area (Å²) in [5, 5.41) is 2.95. The molecular weight excluding hydrogens is 604 g/mol. The molecule has 0 aliphatic heterocycles. The van der Waals surface area contributed by atoms with Crippen molar-refractivity contribution in [3.05, 3.63) is 93.9 Å². The first kappa shape index (κ1) is 28.4. The van der Waals surface area contributed by atoms with Crippen LogP contribution in [-0.2, 0) is 0 Å². The van der Waals surface area contributed by atoms with Crippen LogP contribution in [0, 0.1) is 0 Å². The molecule has 0 unspecified atom stereocenters. The molecule has 4 aromatic rings. The molecule has 4 aromatic carbocycles. The predicted molar refractivity (Wildman–Crippen MR) is 174 cm³/mol. The molecule has 4 N–H and O–H groups in total. The van der Waals surface area contributed by atoms with E-state index in [1.807, 2.05) is 18.2 Å². The van der Waals surface area contributed by atoms with Crippen LogP contribution in [0.15, 0.2) is 93.9 Å². The number of halogens is 2. The van der Waals surface area contributed by atoms with Gasteiger partial charge in [0.2, 0.25) is 0 Å². The number of nitrogen functional groups attached to an aromatic ring is 2.